The van der Waals surface area contributed by atoms with Gasteiger partial charge in [-0.1, -0.05) is 50.5 Å². The molecule has 3 heterocycles. The van der Waals surface area contributed by atoms with E-state index in [1.807, 2.05) is 4.90 Å². The highest BCUT2D eigenvalue weighted by molar-refractivity contribution is 5.90. The van der Waals surface area contributed by atoms with Gasteiger partial charge in [-0.25, -0.2) is 0 Å². The molecule has 3 aliphatic heterocycles. The summed E-state index contributed by atoms with van der Waals surface area (Å²) in [6.07, 6.45) is 8.44. The van der Waals surface area contributed by atoms with Gasteiger partial charge in [0.05, 0.1) is 18.1 Å². The molecule has 0 aromatic heterocycles. The molecule has 1 aromatic rings. The fourth-order valence-electron chi connectivity index (χ4n) is 6.56. The number of carbonyl (C=O) groups excluding carboxylic acids is 2. The molecule has 4 rings (SSSR count). The summed E-state index contributed by atoms with van der Waals surface area (Å²) >= 11 is 0. The molecular weight excluding hydrogens is 462 g/mol. The van der Waals surface area contributed by atoms with Crippen LogP contribution >= 0.6 is 0 Å². The monoisotopic (exact) mass is 511 g/mol. The normalized spacial score (nSPS) is 26.2. The van der Waals surface area contributed by atoms with Crippen molar-refractivity contribution in [1.82, 2.24) is 15.1 Å². The lowest BCUT2D eigenvalue weighted by Crippen LogP contribution is -2.56. The summed E-state index contributed by atoms with van der Waals surface area (Å²) in [4.78, 5) is 32.2. The van der Waals surface area contributed by atoms with Crippen molar-refractivity contribution in [2.24, 2.45) is 11.3 Å². The van der Waals surface area contributed by atoms with Gasteiger partial charge in [-0.05, 0) is 88.9 Å². The van der Waals surface area contributed by atoms with Crippen molar-refractivity contribution in [3.05, 3.63) is 34.9 Å². The molecular formula is C31H49N3O3. The zero-order chi connectivity index (χ0) is 26.4. The molecule has 2 atom stereocenters. The number of fused-ring (bicyclic) bond motifs is 1. The van der Waals surface area contributed by atoms with Gasteiger partial charge < -0.3 is 15.0 Å². The Morgan fingerprint density at radius 3 is 2.54 bits per heavy atom. The van der Waals surface area contributed by atoms with Gasteiger partial charge in [0.25, 0.3) is 0 Å². The van der Waals surface area contributed by atoms with E-state index in [1.165, 1.54) is 16.7 Å². The molecule has 37 heavy (non-hydrogen) atoms. The summed E-state index contributed by atoms with van der Waals surface area (Å²) in [7, 11) is 0. The van der Waals surface area contributed by atoms with Gasteiger partial charge in [-0.3, -0.25) is 14.5 Å². The molecule has 1 N–H and O–H groups in total. The highest BCUT2D eigenvalue weighted by Crippen LogP contribution is 2.38. The van der Waals surface area contributed by atoms with Crippen molar-refractivity contribution >= 4 is 11.8 Å². The van der Waals surface area contributed by atoms with E-state index in [1.54, 1.807) is 0 Å². The summed E-state index contributed by atoms with van der Waals surface area (Å²) in [5, 5.41) is 3.32. The maximum absolute atomic E-state index is 14.0. The lowest BCUT2D eigenvalue weighted by Gasteiger charge is -2.42. The van der Waals surface area contributed by atoms with Crippen LogP contribution < -0.4 is 5.32 Å². The Bertz CT molecular complexity index is 922. The average Bonchev–Trinajstić information content (AvgIpc) is 3.33. The van der Waals surface area contributed by atoms with E-state index in [0.29, 0.717) is 18.9 Å². The van der Waals surface area contributed by atoms with Gasteiger partial charge in [-0.15, -0.1) is 0 Å². The third kappa shape index (κ3) is 7.14. The van der Waals surface area contributed by atoms with Crippen LogP contribution in [-0.2, 0) is 20.9 Å². The van der Waals surface area contributed by atoms with Crippen LogP contribution in [0, 0.1) is 25.2 Å². The third-order valence-corrected chi connectivity index (χ3v) is 8.91. The van der Waals surface area contributed by atoms with Crippen LogP contribution in [0.1, 0.15) is 88.3 Å². The van der Waals surface area contributed by atoms with Gasteiger partial charge >= 0.3 is 0 Å². The Hall–Kier alpha value is -1.92. The molecule has 3 fully saturated rings. The van der Waals surface area contributed by atoms with Gasteiger partial charge in [0.15, 0.2) is 0 Å². The Balaban J connectivity index is 1.49. The zero-order valence-corrected chi connectivity index (χ0v) is 23.7. The first-order valence-corrected chi connectivity index (χ1v) is 14.7. The second-order valence-corrected chi connectivity index (χ2v) is 12.4. The highest BCUT2D eigenvalue weighted by Gasteiger charge is 2.43. The number of ether oxygens (including phenoxy) is 1. The molecule has 1 aromatic carbocycles. The first-order valence-electron chi connectivity index (χ1n) is 14.7. The van der Waals surface area contributed by atoms with Crippen molar-refractivity contribution in [2.75, 3.05) is 32.8 Å². The lowest BCUT2D eigenvalue weighted by atomic mass is 9.73. The van der Waals surface area contributed by atoms with Crippen molar-refractivity contribution in [3.63, 3.8) is 0 Å². The van der Waals surface area contributed by atoms with E-state index in [4.69, 9.17) is 4.74 Å². The molecule has 1 spiro atoms. The van der Waals surface area contributed by atoms with Gasteiger partial charge in [0.1, 0.15) is 6.04 Å². The number of nitrogens with zero attached hydrogens (tertiary/aromatic N) is 2. The number of likely N-dealkylation sites (tertiary alicyclic amines) is 1. The number of amides is 2. The largest absolute Gasteiger partial charge is 0.379 e. The highest BCUT2D eigenvalue weighted by atomic mass is 16.5. The van der Waals surface area contributed by atoms with Crippen LogP contribution in [0.3, 0.4) is 0 Å². The SMILES string of the molecule is Cc1ccc(CN2CCC3(CCCCCOC[C@@H]4CCCN4C(=O)[C@H](CC(C)C)NC3=O)CC2)c(C)c1. The molecule has 6 heteroatoms. The second-order valence-electron chi connectivity index (χ2n) is 12.4. The van der Waals surface area contributed by atoms with Crippen LogP contribution in [0.5, 0.6) is 0 Å². The predicted molar refractivity (Wildman–Crippen MR) is 148 cm³/mol. The van der Waals surface area contributed by atoms with E-state index in [9.17, 15) is 9.59 Å². The molecule has 6 nitrogen and oxygen atoms in total. The maximum atomic E-state index is 14.0. The van der Waals surface area contributed by atoms with E-state index in [0.717, 1.165) is 84.2 Å². The van der Waals surface area contributed by atoms with Crippen LogP contribution in [-0.4, -0.2) is 66.5 Å². The molecule has 3 saturated heterocycles. The maximum Gasteiger partial charge on any atom is 0.245 e. The first-order chi connectivity index (χ1) is 17.8. The minimum atomic E-state index is -0.443. The quantitative estimate of drug-likeness (QED) is 0.618. The molecule has 3 aliphatic rings. The van der Waals surface area contributed by atoms with Crippen molar-refractivity contribution < 1.29 is 14.3 Å². The van der Waals surface area contributed by atoms with Crippen molar-refractivity contribution in [2.45, 2.75) is 104 Å². The number of aryl methyl sites for hydroxylation is 2. The van der Waals surface area contributed by atoms with E-state index in [-0.39, 0.29) is 23.3 Å². The number of carbonyl (C=O) groups is 2. The summed E-state index contributed by atoms with van der Waals surface area (Å²) in [6.45, 7) is 13.5. The Kier molecular flexibility index (Phi) is 9.68. The summed E-state index contributed by atoms with van der Waals surface area (Å²) in [5.74, 6) is 0.537. The minimum absolute atomic E-state index is 0.0904. The van der Waals surface area contributed by atoms with Crippen LogP contribution in [0.2, 0.25) is 0 Å². The minimum Gasteiger partial charge on any atom is -0.379 e. The number of hydrogen-bond acceptors (Lipinski definition) is 4. The number of rotatable bonds is 4. The number of benzene rings is 1. The summed E-state index contributed by atoms with van der Waals surface area (Å²) < 4.78 is 6.01. The molecule has 0 radical (unpaired) electrons. The molecule has 206 valence electrons. The Morgan fingerprint density at radius 1 is 1.03 bits per heavy atom. The molecule has 0 aliphatic carbocycles. The Labute approximate surface area is 224 Å². The average molecular weight is 512 g/mol. The van der Waals surface area contributed by atoms with Crippen LogP contribution in [0.4, 0.5) is 0 Å². The molecule has 0 unspecified atom stereocenters. The number of piperidine rings is 1. The fraction of sp³-hybridized carbons (Fsp3) is 0.742. The zero-order valence-electron chi connectivity index (χ0n) is 23.7. The second kappa shape index (κ2) is 12.8. The van der Waals surface area contributed by atoms with Crippen molar-refractivity contribution in [1.29, 1.82) is 0 Å². The van der Waals surface area contributed by atoms with Gasteiger partial charge in [0, 0.05) is 19.7 Å². The molecule has 0 bridgehead atoms. The predicted octanol–water partition coefficient (Wildman–Crippen LogP) is 5.00. The van der Waals surface area contributed by atoms with E-state index >= 15 is 0 Å². The standard InChI is InChI=1S/C31H49N3O3/c1-23(2)19-28-29(35)34-15-8-9-27(34)22-37-18-7-5-6-12-31(30(36)32-28)13-16-33(17-14-31)21-26-11-10-24(3)20-25(26)4/h10-11,20,23,27-28H,5-9,12-19,21-22H2,1-4H3,(H,32,36)/t27-,28-/m0/s1. The topological polar surface area (TPSA) is 61.9 Å². The lowest BCUT2D eigenvalue weighted by molar-refractivity contribution is -0.143. The first kappa shape index (κ1) is 28.1. The molecule has 2 amide bonds. The van der Waals surface area contributed by atoms with Gasteiger partial charge in [0.2, 0.25) is 11.8 Å². The smallest absolute Gasteiger partial charge is 0.245 e. The van der Waals surface area contributed by atoms with Crippen LogP contribution in [0.15, 0.2) is 18.2 Å². The van der Waals surface area contributed by atoms with E-state index in [2.05, 4.69) is 56.1 Å². The summed E-state index contributed by atoms with van der Waals surface area (Å²) in [5.41, 5.74) is 3.63. The number of hydrogen-bond donors (Lipinski definition) is 1. The molecule has 0 saturated carbocycles. The fourth-order valence-corrected chi connectivity index (χ4v) is 6.56. The third-order valence-electron chi connectivity index (χ3n) is 8.91. The van der Waals surface area contributed by atoms with E-state index < -0.39 is 6.04 Å². The Morgan fingerprint density at radius 2 is 1.81 bits per heavy atom. The van der Waals surface area contributed by atoms with Gasteiger partial charge in [-0.2, -0.15) is 0 Å². The van der Waals surface area contributed by atoms with Crippen molar-refractivity contribution in [3.8, 4) is 0 Å². The summed E-state index contributed by atoms with van der Waals surface area (Å²) in [6, 6.07) is 6.40. The number of nitrogens with one attached hydrogen (secondary N) is 1. The van der Waals surface area contributed by atoms with Crippen LogP contribution in [0.25, 0.3) is 0 Å².